The highest BCUT2D eigenvalue weighted by molar-refractivity contribution is 5.94. The van der Waals surface area contributed by atoms with Crippen molar-refractivity contribution in [3.63, 3.8) is 0 Å². The van der Waals surface area contributed by atoms with Crippen LogP contribution < -0.4 is 0 Å². The predicted octanol–water partition coefficient (Wildman–Crippen LogP) is 2.90. The number of benzene rings is 2. The fourth-order valence-corrected chi connectivity index (χ4v) is 2.28. The lowest BCUT2D eigenvalue weighted by Gasteiger charge is -2.25. The molecule has 0 spiro atoms. The van der Waals surface area contributed by atoms with E-state index in [-0.39, 0.29) is 11.5 Å². The Morgan fingerprint density at radius 3 is 2.33 bits per heavy atom. The summed E-state index contributed by atoms with van der Waals surface area (Å²) >= 11 is 0. The van der Waals surface area contributed by atoms with Gasteiger partial charge in [0.1, 0.15) is 5.82 Å². The van der Waals surface area contributed by atoms with Crippen molar-refractivity contribution < 1.29 is 9.18 Å². The van der Waals surface area contributed by atoms with Gasteiger partial charge in [-0.25, -0.2) is 4.39 Å². The number of nitriles is 1. The van der Waals surface area contributed by atoms with E-state index in [1.807, 2.05) is 31.1 Å². The highest BCUT2D eigenvalue weighted by atomic mass is 19.1. The maximum absolute atomic E-state index is 13.9. The molecule has 24 heavy (non-hydrogen) atoms. The van der Waals surface area contributed by atoms with Crippen LogP contribution in [-0.2, 0) is 6.54 Å². The van der Waals surface area contributed by atoms with Gasteiger partial charge in [0.15, 0.2) is 0 Å². The topological polar surface area (TPSA) is 47.3 Å². The lowest BCUT2D eigenvalue weighted by molar-refractivity contribution is 0.0727. The summed E-state index contributed by atoms with van der Waals surface area (Å²) < 4.78 is 13.9. The first-order chi connectivity index (χ1) is 11.5. The molecule has 0 heterocycles. The Kier molecular flexibility index (Phi) is 6.05. The first-order valence-electron chi connectivity index (χ1n) is 7.69. The van der Waals surface area contributed by atoms with E-state index in [1.54, 1.807) is 29.2 Å². The smallest absolute Gasteiger partial charge is 0.257 e. The fraction of sp³-hybridized carbons (Fsp3) is 0.263. The van der Waals surface area contributed by atoms with Crippen LogP contribution in [0.4, 0.5) is 4.39 Å². The third kappa shape index (κ3) is 4.64. The highest BCUT2D eigenvalue weighted by Crippen LogP contribution is 2.14. The molecule has 0 aromatic heterocycles. The van der Waals surface area contributed by atoms with E-state index < -0.39 is 5.82 Å². The van der Waals surface area contributed by atoms with Gasteiger partial charge in [0.25, 0.3) is 5.91 Å². The summed E-state index contributed by atoms with van der Waals surface area (Å²) in [5.74, 6) is -0.850. The standard InChI is InChI=1S/C19H20FN3O/c1-22(2)11-12-23(14-16-9-7-15(13-21)8-10-16)19(24)17-5-3-4-6-18(17)20/h3-10H,11-12,14H2,1-2H3. The molecule has 0 saturated carbocycles. The number of likely N-dealkylation sites (N-methyl/N-ethyl adjacent to an activating group) is 1. The first kappa shape index (κ1) is 17.6. The van der Waals surface area contributed by atoms with Crippen LogP contribution in [0.25, 0.3) is 0 Å². The molecule has 2 aromatic carbocycles. The Morgan fingerprint density at radius 2 is 1.75 bits per heavy atom. The number of nitrogens with zero attached hydrogens (tertiary/aromatic N) is 3. The number of halogens is 1. The van der Waals surface area contributed by atoms with Gasteiger partial charge < -0.3 is 9.80 Å². The number of carbonyl (C=O) groups excluding carboxylic acids is 1. The molecule has 0 aliphatic rings. The van der Waals surface area contributed by atoms with E-state index in [4.69, 9.17) is 5.26 Å². The second-order valence-electron chi connectivity index (χ2n) is 5.82. The monoisotopic (exact) mass is 325 g/mol. The Bertz CT molecular complexity index is 735. The molecule has 5 heteroatoms. The molecule has 0 unspecified atom stereocenters. The summed E-state index contributed by atoms with van der Waals surface area (Å²) in [4.78, 5) is 16.3. The van der Waals surface area contributed by atoms with Crippen LogP contribution in [0.1, 0.15) is 21.5 Å². The average molecular weight is 325 g/mol. The molecular formula is C19H20FN3O. The molecule has 0 aliphatic carbocycles. The van der Waals surface area contributed by atoms with E-state index in [9.17, 15) is 9.18 Å². The van der Waals surface area contributed by atoms with E-state index >= 15 is 0 Å². The van der Waals surface area contributed by atoms with Crippen LogP contribution >= 0.6 is 0 Å². The quantitative estimate of drug-likeness (QED) is 0.820. The minimum absolute atomic E-state index is 0.0740. The third-order valence-electron chi connectivity index (χ3n) is 3.67. The first-order valence-corrected chi connectivity index (χ1v) is 7.69. The van der Waals surface area contributed by atoms with E-state index in [0.717, 1.165) is 5.56 Å². The Morgan fingerprint density at radius 1 is 1.08 bits per heavy atom. The zero-order valence-corrected chi connectivity index (χ0v) is 13.9. The maximum Gasteiger partial charge on any atom is 0.257 e. The van der Waals surface area contributed by atoms with Gasteiger partial charge in [-0.1, -0.05) is 24.3 Å². The molecule has 4 nitrogen and oxygen atoms in total. The van der Waals surface area contributed by atoms with Crippen molar-refractivity contribution in [1.29, 1.82) is 5.26 Å². The van der Waals surface area contributed by atoms with Crippen LogP contribution in [0, 0.1) is 17.1 Å². The summed E-state index contributed by atoms with van der Waals surface area (Å²) in [7, 11) is 3.85. The molecule has 0 radical (unpaired) electrons. The number of rotatable bonds is 6. The van der Waals surface area contributed by atoms with Gasteiger partial charge in [-0.15, -0.1) is 0 Å². The average Bonchev–Trinajstić information content (AvgIpc) is 2.59. The number of carbonyl (C=O) groups is 1. The lowest BCUT2D eigenvalue weighted by Crippen LogP contribution is -2.36. The zero-order valence-electron chi connectivity index (χ0n) is 13.9. The van der Waals surface area contributed by atoms with E-state index in [0.29, 0.717) is 25.2 Å². The van der Waals surface area contributed by atoms with Crippen molar-refractivity contribution >= 4 is 5.91 Å². The molecule has 0 atom stereocenters. The molecule has 2 rings (SSSR count). The van der Waals surface area contributed by atoms with Gasteiger partial charge in [-0.3, -0.25) is 4.79 Å². The SMILES string of the molecule is CN(C)CCN(Cc1ccc(C#N)cc1)C(=O)c1ccccc1F. The molecule has 0 fully saturated rings. The van der Waals surface area contributed by atoms with Crippen LogP contribution in [0.5, 0.6) is 0 Å². The van der Waals surface area contributed by atoms with Crippen LogP contribution in [0.3, 0.4) is 0 Å². The molecular weight excluding hydrogens is 305 g/mol. The second-order valence-corrected chi connectivity index (χ2v) is 5.82. The minimum atomic E-state index is -0.516. The van der Waals surface area contributed by atoms with Crippen LogP contribution in [0.2, 0.25) is 0 Å². The zero-order chi connectivity index (χ0) is 17.5. The van der Waals surface area contributed by atoms with Crippen molar-refractivity contribution in [2.45, 2.75) is 6.54 Å². The van der Waals surface area contributed by atoms with Crippen molar-refractivity contribution in [1.82, 2.24) is 9.80 Å². The molecule has 1 amide bonds. The summed E-state index contributed by atoms with van der Waals surface area (Å²) in [5.41, 5.74) is 1.54. The highest BCUT2D eigenvalue weighted by Gasteiger charge is 2.19. The van der Waals surface area contributed by atoms with Crippen molar-refractivity contribution in [3.8, 4) is 6.07 Å². The summed E-state index contributed by atoms with van der Waals surface area (Å²) in [6.07, 6.45) is 0. The predicted molar refractivity (Wildman–Crippen MR) is 90.9 cm³/mol. The number of hydrogen-bond acceptors (Lipinski definition) is 3. The van der Waals surface area contributed by atoms with Crippen molar-refractivity contribution in [3.05, 3.63) is 71.0 Å². The number of amides is 1. The summed E-state index contributed by atoms with van der Waals surface area (Å²) in [6, 6.07) is 15.1. The Labute approximate surface area is 141 Å². The largest absolute Gasteiger partial charge is 0.333 e. The molecule has 124 valence electrons. The summed E-state index contributed by atoms with van der Waals surface area (Å²) in [6.45, 7) is 1.53. The minimum Gasteiger partial charge on any atom is -0.333 e. The number of hydrogen-bond donors (Lipinski definition) is 0. The molecule has 0 bridgehead atoms. The molecule has 0 N–H and O–H groups in total. The maximum atomic E-state index is 13.9. The van der Waals surface area contributed by atoms with Gasteiger partial charge >= 0.3 is 0 Å². The second kappa shape index (κ2) is 8.23. The Hall–Kier alpha value is -2.71. The van der Waals surface area contributed by atoms with Crippen LogP contribution in [-0.4, -0.2) is 42.9 Å². The molecule has 0 saturated heterocycles. The van der Waals surface area contributed by atoms with Crippen molar-refractivity contribution in [2.24, 2.45) is 0 Å². The molecule has 2 aromatic rings. The van der Waals surface area contributed by atoms with Gasteiger partial charge in [0, 0.05) is 19.6 Å². The van der Waals surface area contributed by atoms with Gasteiger partial charge in [0.05, 0.1) is 17.2 Å². The van der Waals surface area contributed by atoms with Gasteiger partial charge in [-0.05, 0) is 43.9 Å². The van der Waals surface area contributed by atoms with Crippen molar-refractivity contribution in [2.75, 3.05) is 27.2 Å². The van der Waals surface area contributed by atoms with Gasteiger partial charge in [0.2, 0.25) is 0 Å². The van der Waals surface area contributed by atoms with Crippen LogP contribution in [0.15, 0.2) is 48.5 Å². The van der Waals surface area contributed by atoms with E-state index in [1.165, 1.54) is 12.1 Å². The van der Waals surface area contributed by atoms with E-state index in [2.05, 4.69) is 6.07 Å². The normalized spacial score (nSPS) is 10.5. The molecule has 0 aliphatic heterocycles. The fourth-order valence-electron chi connectivity index (χ4n) is 2.28. The summed E-state index contributed by atoms with van der Waals surface area (Å²) in [5, 5.41) is 8.86. The van der Waals surface area contributed by atoms with Gasteiger partial charge in [-0.2, -0.15) is 5.26 Å². The Balaban J connectivity index is 2.21. The lowest BCUT2D eigenvalue weighted by atomic mass is 10.1. The third-order valence-corrected chi connectivity index (χ3v) is 3.67.